The van der Waals surface area contributed by atoms with Gasteiger partial charge in [-0.15, -0.1) is 0 Å². The molecule has 4 heteroatoms. The van der Waals surface area contributed by atoms with Gasteiger partial charge in [0.25, 0.3) is 0 Å². The highest BCUT2D eigenvalue weighted by Crippen LogP contribution is 2.20. The lowest BCUT2D eigenvalue weighted by molar-refractivity contribution is -0.140. The summed E-state index contributed by atoms with van der Waals surface area (Å²) in [6.45, 7) is 4.15. The number of carbonyl (C=O) groups excluding carboxylic acids is 1. The number of hydrogen-bond donors (Lipinski definition) is 1. The van der Waals surface area contributed by atoms with Gasteiger partial charge in [0.2, 0.25) is 0 Å². The Hall–Kier alpha value is -1.03. The Morgan fingerprint density at radius 2 is 2.46 bits per heavy atom. The highest BCUT2D eigenvalue weighted by atomic mass is 16.5. The van der Waals surface area contributed by atoms with E-state index in [4.69, 9.17) is 9.47 Å². The lowest BCUT2D eigenvalue weighted by atomic mass is 10.0. The van der Waals surface area contributed by atoms with Gasteiger partial charge in [-0.05, 0) is 13.8 Å². The van der Waals surface area contributed by atoms with Crippen molar-refractivity contribution in [3.8, 4) is 0 Å². The molecule has 0 aliphatic carbocycles. The predicted octanol–water partition coefficient (Wildman–Crippen LogP) is 0.605. The highest BCUT2D eigenvalue weighted by Gasteiger charge is 2.27. The molecule has 0 amide bonds. The zero-order valence-electron chi connectivity index (χ0n) is 7.87. The Morgan fingerprint density at radius 3 is 3.00 bits per heavy atom. The quantitative estimate of drug-likeness (QED) is 0.642. The minimum atomic E-state index is -0.743. The van der Waals surface area contributed by atoms with Crippen molar-refractivity contribution in [2.45, 2.75) is 26.4 Å². The van der Waals surface area contributed by atoms with Crippen molar-refractivity contribution in [1.82, 2.24) is 0 Å². The van der Waals surface area contributed by atoms with Crippen LogP contribution < -0.4 is 0 Å². The van der Waals surface area contributed by atoms with Gasteiger partial charge >= 0.3 is 5.97 Å². The first kappa shape index (κ1) is 10.1. The normalized spacial score (nSPS) is 22.5. The fourth-order valence-electron chi connectivity index (χ4n) is 1.27. The average molecular weight is 186 g/mol. The number of esters is 1. The molecule has 1 aliphatic rings. The summed E-state index contributed by atoms with van der Waals surface area (Å²) in [5.74, 6) is -0.00981. The van der Waals surface area contributed by atoms with E-state index in [-0.39, 0.29) is 5.57 Å². The molecule has 0 spiro atoms. The van der Waals surface area contributed by atoms with Crippen LogP contribution in [0.5, 0.6) is 0 Å². The monoisotopic (exact) mass is 186 g/mol. The molecule has 0 radical (unpaired) electrons. The molecule has 74 valence electrons. The molecule has 1 heterocycles. The Bertz CT molecular complexity index is 232. The number of aliphatic hydroxyl groups is 1. The maximum Gasteiger partial charge on any atom is 0.340 e. The van der Waals surface area contributed by atoms with Crippen molar-refractivity contribution >= 4 is 5.97 Å². The van der Waals surface area contributed by atoms with Gasteiger partial charge in [-0.25, -0.2) is 4.79 Å². The summed E-state index contributed by atoms with van der Waals surface area (Å²) in [6.07, 6.45) is -0.293. The zero-order chi connectivity index (χ0) is 9.84. The predicted molar refractivity (Wildman–Crippen MR) is 45.9 cm³/mol. The van der Waals surface area contributed by atoms with Crippen molar-refractivity contribution in [2.24, 2.45) is 0 Å². The average Bonchev–Trinajstić information content (AvgIpc) is 2.04. The zero-order valence-corrected chi connectivity index (χ0v) is 7.87. The first-order chi connectivity index (χ1) is 6.16. The second kappa shape index (κ2) is 4.28. The van der Waals surface area contributed by atoms with Gasteiger partial charge in [0.05, 0.1) is 19.3 Å². The van der Waals surface area contributed by atoms with E-state index in [0.29, 0.717) is 25.4 Å². The highest BCUT2D eigenvalue weighted by molar-refractivity contribution is 5.90. The molecule has 4 nitrogen and oxygen atoms in total. The van der Waals surface area contributed by atoms with Crippen LogP contribution >= 0.6 is 0 Å². The maximum atomic E-state index is 11.3. The molecule has 0 aromatic heterocycles. The number of carbonyl (C=O) groups is 1. The first-order valence-corrected chi connectivity index (χ1v) is 4.35. The Kier molecular flexibility index (Phi) is 3.31. The summed E-state index contributed by atoms with van der Waals surface area (Å²) in [5, 5.41) is 9.50. The van der Waals surface area contributed by atoms with Gasteiger partial charge in [-0.3, -0.25) is 0 Å². The van der Waals surface area contributed by atoms with Crippen LogP contribution in [0.3, 0.4) is 0 Å². The molecule has 0 aromatic carbocycles. The summed E-state index contributed by atoms with van der Waals surface area (Å²) in [6, 6.07) is 0. The molecule has 0 aromatic rings. The molecular weight excluding hydrogens is 172 g/mol. The molecule has 1 unspecified atom stereocenters. The molecule has 0 saturated heterocycles. The van der Waals surface area contributed by atoms with E-state index >= 15 is 0 Å². The van der Waals surface area contributed by atoms with E-state index in [1.165, 1.54) is 0 Å². The number of hydrogen-bond acceptors (Lipinski definition) is 4. The van der Waals surface area contributed by atoms with Crippen molar-refractivity contribution in [3.05, 3.63) is 11.3 Å². The number of allylic oxidation sites excluding steroid dienone is 1. The van der Waals surface area contributed by atoms with Gasteiger partial charge in [-0.2, -0.15) is 0 Å². The van der Waals surface area contributed by atoms with E-state index in [2.05, 4.69) is 0 Å². The molecule has 0 fully saturated rings. The number of aliphatic hydroxyl groups excluding tert-OH is 1. The van der Waals surface area contributed by atoms with E-state index in [1.54, 1.807) is 13.8 Å². The van der Waals surface area contributed by atoms with Crippen LogP contribution in [0.2, 0.25) is 0 Å². The summed E-state index contributed by atoms with van der Waals surface area (Å²) >= 11 is 0. The van der Waals surface area contributed by atoms with E-state index in [9.17, 15) is 9.90 Å². The van der Waals surface area contributed by atoms with E-state index in [1.807, 2.05) is 0 Å². The largest absolute Gasteiger partial charge is 0.497 e. The number of rotatable bonds is 2. The Morgan fingerprint density at radius 1 is 1.77 bits per heavy atom. The van der Waals surface area contributed by atoms with Gasteiger partial charge in [-0.1, -0.05) is 0 Å². The molecule has 0 bridgehead atoms. The molecule has 1 aliphatic heterocycles. The van der Waals surface area contributed by atoms with Crippen molar-refractivity contribution in [1.29, 1.82) is 0 Å². The van der Waals surface area contributed by atoms with Crippen LogP contribution in [0.1, 0.15) is 20.3 Å². The molecule has 0 saturated carbocycles. The Balaban J connectivity index is 2.78. The standard InChI is InChI=1S/C9H14O4/c1-3-12-9(11)8-6(2)13-5-4-7(8)10/h7,10H,3-5H2,1-2H3. The third kappa shape index (κ3) is 2.21. The van der Waals surface area contributed by atoms with Crippen LogP contribution in [0, 0.1) is 0 Å². The summed E-state index contributed by atoms with van der Waals surface area (Å²) < 4.78 is 9.93. The van der Waals surface area contributed by atoms with Crippen LogP contribution in [0.15, 0.2) is 11.3 Å². The minimum Gasteiger partial charge on any atom is -0.497 e. The molecule has 1 atom stereocenters. The van der Waals surface area contributed by atoms with Crippen LogP contribution in [0.25, 0.3) is 0 Å². The fraction of sp³-hybridized carbons (Fsp3) is 0.667. The Labute approximate surface area is 77.1 Å². The SMILES string of the molecule is CCOC(=O)C1=C(C)OCCC1O. The third-order valence-electron chi connectivity index (χ3n) is 1.92. The summed E-state index contributed by atoms with van der Waals surface area (Å²) in [5.41, 5.74) is 0.258. The molecule has 1 rings (SSSR count). The van der Waals surface area contributed by atoms with E-state index < -0.39 is 12.1 Å². The van der Waals surface area contributed by atoms with Crippen LogP contribution in [-0.2, 0) is 14.3 Å². The van der Waals surface area contributed by atoms with Gasteiger partial charge in [0, 0.05) is 6.42 Å². The smallest absolute Gasteiger partial charge is 0.340 e. The second-order valence-corrected chi connectivity index (χ2v) is 2.84. The molecule has 1 N–H and O–H groups in total. The van der Waals surface area contributed by atoms with Gasteiger partial charge in [0.1, 0.15) is 11.3 Å². The molecule has 13 heavy (non-hydrogen) atoms. The number of ether oxygens (including phenoxy) is 2. The minimum absolute atomic E-state index is 0.258. The van der Waals surface area contributed by atoms with Crippen LogP contribution in [0.4, 0.5) is 0 Å². The van der Waals surface area contributed by atoms with Gasteiger partial charge < -0.3 is 14.6 Å². The maximum absolute atomic E-state index is 11.3. The van der Waals surface area contributed by atoms with Crippen LogP contribution in [-0.4, -0.2) is 30.4 Å². The first-order valence-electron chi connectivity index (χ1n) is 4.35. The fourth-order valence-corrected chi connectivity index (χ4v) is 1.27. The molecular formula is C9H14O4. The third-order valence-corrected chi connectivity index (χ3v) is 1.92. The summed E-state index contributed by atoms with van der Waals surface area (Å²) in [4.78, 5) is 11.3. The van der Waals surface area contributed by atoms with Crippen molar-refractivity contribution < 1.29 is 19.4 Å². The lowest BCUT2D eigenvalue weighted by Gasteiger charge is -2.22. The second-order valence-electron chi connectivity index (χ2n) is 2.84. The topological polar surface area (TPSA) is 55.8 Å². The van der Waals surface area contributed by atoms with E-state index in [0.717, 1.165) is 0 Å². The van der Waals surface area contributed by atoms with Crippen molar-refractivity contribution in [2.75, 3.05) is 13.2 Å². The van der Waals surface area contributed by atoms with Crippen molar-refractivity contribution in [3.63, 3.8) is 0 Å². The van der Waals surface area contributed by atoms with Gasteiger partial charge in [0.15, 0.2) is 0 Å². The summed E-state index contributed by atoms with van der Waals surface area (Å²) in [7, 11) is 0. The lowest BCUT2D eigenvalue weighted by Crippen LogP contribution is -2.27.